The molecule has 0 aliphatic carbocycles. The number of hydrogen-bond acceptors (Lipinski definition) is 4. The van der Waals surface area contributed by atoms with Crippen LogP contribution in [0.3, 0.4) is 0 Å². The van der Waals surface area contributed by atoms with Crippen LogP contribution in [0.2, 0.25) is 0 Å². The van der Waals surface area contributed by atoms with Crippen molar-refractivity contribution in [3.63, 3.8) is 0 Å². The van der Waals surface area contributed by atoms with Gasteiger partial charge in [0.05, 0.1) is 12.6 Å². The maximum absolute atomic E-state index is 5.47. The van der Waals surface area contributed by atoms with Crippen LogP contribution in [0.1, 0.15) is 43.6 Å². The molecule has 2 heterocycles. The molecule has 1 aromatic heterocycles. The summed E-state index contributed by atoms with van der Waals surface area (Å²) in [6.45, 7) is 10.2. The average molecular weight is 263 g/mol. The molecule has 2 rings (SSSR count). The Morgan fingerprint density at radius 1 is 1.26 bits per heavy atom. The van der Waals surface area contributed by atoms with E-state index in [1.165, 1.54) is 5.56 Å². The second kappa shape index (κ2) is 6.33. The normalized spacial score (nSPS) is 19.7. The minimum Gasteiger partial charge on any atom is -0.379 e. The van der Waals surface area contributed by atoms with Crippen LogP contribution in [0, 0.1) is 19.8 Å². The lowest BCUT2D eigenvalue weighted by atomic mass is 10.0. The van der Waals surface area contributed by atoms with E-state index >= 15 is 0 Å². The quantitative estimate of drug-likeness (QED) is 0.907. The number of rotatable bonds is 4. The molecule has 19 heavy (non-hydrogen) atoms. The maximum atomic E-state index is 5.47. The lowest BCUT2D eigenvalue weighted by Crippen LogP contribution is -2.31. The van der Waals surface area contributed by atoms with Crippen LogP contribution in [0.15, 0.2) is 0 Å². The van der Waals surface area contributed by atoms with Crippen LogP contribution in [0.5, 0.6) is 0 Å². The van der Waals surface area contributed by atoms with E-state index in [0.717, 1.165) is 49.8 Å². The second-order valence-electron chi connectivity index (χ2n) is 5.85. The van der Waals surface area contributed by atoms with Crippen molar-refractivity contribution < 1.29 is 4.74 Å². The Balaban J connectivity index is 2.10. The van der Waals surface area contributed by atoms with E-state index in [0.29, 0.717) is 12.0 Å². The van der Waals surface area contributed by atoms with Crippen molar-refractivity contribution in [1.29, 1.82) is 0 Å². The van der Waals surface area contributed by atoms with Gasteiger partial charge in [0.2, 0.25) is 5.95 Å². The van der Waals surface area contributed by atoms with Crippen molar-refractivity contribution >= 4 is 5.95 Å². The van der Waals surface area contributed by atoms with Crippen LogP contribution < -0.4 is 5.32 Å². The van der Waals surface area contributed by atoms with Crippen molar-refractivity contribution in [2.24, 2.45) is 5.92 Å². The fraction of sp³-hybridized carbons (Fsp3) is 0.733. The number of hydrogen-bond donors (Lipinski definition) is 1. The molecule has 1 atom stereocenters. The molecule has 0 aromatic carbocycles. The minimum absolute atomic E-state index is 0.350. The fourth-order valence-corrected chi connectivity index (χ4v) is 2.54. The van der Waals surface area contributed by atoms with Gasteiger partial charge in [-0.15, -0.1) is 0 Å². The first-order chi connectivity index (χ1) is 9.06. The smallest absolute Gasteiger partial charge is 0.223 e. The molecular weight excluding hydrogens is 238 g/mol. The molecule has 1 aromatic rings. The van der Waals surface area contributed by atoms with Crippen LogP contribution >= 0.6 is 0 Å². The molecule has 4 nitrogen and oxygen atoms in total. The zero-order valence-corrected chi connectivity index (χ0v) is 12.5. The highest BCUT2D eigenvalue weighted by atomic mass is 16.5. The zero-order chi connectivity index (χ0) is 13.8. The molecule has 0 saturated carbocycles. The molecule has 1 aliphatic heterocycles. The Morgan fingerprint density at radius 2 is 1.95 bits per heavy atom. The molecule has 0 unspecified atom stereocenters. The number of nitrogens with zero attached hydrogens (tertiary/aromatic N) is 2. The van der Waals surface area contributed by atoms with Gasteiger partial charge in [-0.05, 0) is 44.6 Å². The van der Waals surface area contributed by atoms with E-state index in [9.17, 15) is 0 Å². The van der Waals surface area contributed by atoms with Gasteiger partial charge in [-0.2, -0.15) is 0 Å². The topological polar surface area (TPSA) is 47.0 Å². The van der Waals surface area contributed by atoms with E-state index in [4.69, 9.17) is 4.74 Å². The van der Waals surface area contributed by atoms with Crippen molar-refractivity contribution in [3.05, 3.63) is 17.0 Å². The summed E-state index contributed by atoms with van der Waals surface area (Å²) in [6, 6.07) is 0.350. The average Bonchev–Trinajstić information content (AvgIpc) is 2.35. The number of ether oxygens (including phenoxy) is 1. The molecule has 106 valence electrons. The molecule has 1 saturated heterocycles. The lowest BCUT2D eigenvalue weighted by molar-refractivity contribution is 0.0874. The molecule has 1 N–H and O–H groups in total. The molecule has 1 aliphatic rings. The van der Waals surface area contributed by atoms with Crippen molar-refractivity contribution in [2.75, 3.05) is 18.5 Å². The Hall–Kier alpha value is -1.16. The summed E-state index contributed by atoms with van der Waals surface area (Å²) in [5.41, 5.74) is 3.49. The summed E-state index contributed by atoms with van der Waals surface area (Å²) in [7, 11) is 0. The van der Waals surface area contributed by atoms with E-state index in [1.54, 1.807) is 0 Å². The first-order valence-electron chi connectivity index (χ1n) is 7.24. The highest BCUT2D eigenvalue weighted by molar-refractivity contribution is 5.35. The second-order valence-corrected chi connectivity index (χ2v) is 5.85. The molecule has 0 bridgehead atoms. The summed E-state index contributed by atoms with van der Waals surface area (Å²) in [5.74, 6) is 1.38. The molecule has 1 fully saturated rings. The first-order valence-corrected chi connectivity index (χ1v) is 7.24. The predicted octanol–water partition coefficient (Wildman–Crippen LogP) is 2.88. The van der Waals surface area contributed by atoms with Crippen LogP contribution in [-0.2, 0) is 11.2 Å². The van der Waals surface area contributed by atoms with Crippen molar-refractivity contribution in [3.8, 4) is 0 Å². The molecule has 0 radical (unpaired) electrons. The summed E-state index contributed by atoms with van der Waals surface area (Å²) in [4.78, 5) is 9.21. The minimum atomic E-state index is 0.350. The van der Waals surface area contributed by atoms with Gasteiger partial charge in [0, 0.05) is 18.0 Å². The predicted molar refractivity (Wildman–Crippen MR) is 77.5 cm³/mol. The van der Waals surface area contributed by atoms with Gasteiger partial charge in [-0.1, -0.05) is 13.8 Å². The number of anilines is 1. The monoisotopic (exact) mass is 263 g/mol. The SMILES string of the molecule is Cc1nc(N[C@H]2CCCOC2)nc(C)c1CC(C)C. The first kappa shape index (κ1) is 14.3. The van der Waals surface area contributed by atoms with E-state index in [2.05, 4.69) is 43.0 Å². The molecular formula is C15H25N3O. The number of aryl methyl sites for hydroxylation is 2. The highest BCUT2D eigenvalue weighted by Gasteiger charge is 2.16. The van der Waals surface area contributed by atoms with Gasteiger partial charge >= 0.3 is 0 Å². The van der Waals surface area contributed by atoms with E-state index in [1.807, 2.05) is 0 Å². The van der Waals surface area contributed by atoms with Gasteiger partial charge in [-0.25, -0.2) is 9.97 Å². The third-order valence-electron chi connectivity index (χ3n) is 3.53. The third kappa shape index (κ3) is 3.90. The Morgan fingerprint density at radius 3 is 2.47 bits per heavy atom. The zero-order valence-electron chi connectivity index (χ0n) is 12.5. The van der Waals surface area contributed by atoms with Crippen LogP contribution in [0.25, 0.3) is 0 Å². The van der Waals surface area contributed by atoms with Crippen molar-refractivity contribution in [2.45, 2.75) is 53.0 Å². The molecule has 0 spiro atoms. The Kier molecular flexibility index (Phi) is 4.75. The number of aromatic nitrogens is 2. The van der Waals surface area contributed by atoms with Crippen molar-refractivity contribution in [1.82, 2.24) is 9.97 Å². The molecule has 0 amide bonds. The number of nitrogens with one attached hydrogen (secondary N) is 1. The molecule has 4 heteroatoms. The summed E-state index contributed by atoms with van der Waals surface area (Å²) in [5, 5.41) is 3.40. The van der Waals surface area contributed by atoms with E-state index < -0.39 is 0 Å². The summed E-state index contributed by atoms with van der Waals surface area (Å²) < 4.78 is 5.47. The summed E-state index contributed by atoms with van der Waals surface area (Å²) >= 11 is 0. The van der Waals surface area contributed by atoms with Gasteiger partial charge in [-0.3, -0.25) is 0 Å². The summed E-state index contributed by atoms with van der Waals surface area (Å²) in [6.07, 6.45) is 3.29. The third-order valence-corrected chi connectivity index (χ3v) is 3.53. The highest BCUT2D eigenvalue weighted by Crippen LogP contribution is 2.18. The van der Waals surface area contributed by atoms with Gasteiger partial charge in [0.1, 0.15) is 0 Å². The fourth-order valence-electron chi connectivity index (χ4n) is 2.54. The largest absolute Gasteiger partial charge is 0.379 e. The van der Waals surface area contributed by atoms with Crippen LogP contribution in [-0.4, -0.2) is 29.2 Å². The van der Waals surface area contributed by atoms with Crippen LogP contribution in [0.4, 0.5) is 5.95 Å². The van der Waals surface area contributed by atoms with Gasteiger partial charge in [0.15, 0.2) is 0 Å². The standard InChI is InChI=1S/C15H25N3O/c1-10(2)8-14-11(3)16-15(17-12(14)4)18-13-6-5-7-19-9-13/h10,13H,5-9H2,1-4H3,(H,16,17,18)/t13-/m0/s1. The Bertz CT molecular complexity index is 402. The maximum Gasteiger partial charge on any atom is 0.223 e. The Labute approximate surface area is 116 Å². The van der Waals surface area contributed by atoms with E-state index in [-0.39, 0.29) is 0 Å². The van der Waals surface area contributed by atoms with Gasteiger partial charge < -0.3 is 10.1 Å². The lowest BCUT2D eigenvalue weighted by Gasteiger charge is -2.23. The van der Waals surface area contributed by atoms with Gasteiger partial charge in [0.25, 0.3) is 0 Å².